The summed E-state index contributed by atoms with van der Waals surface area (Å²) in [5.41, 5.74) is 2.26. The summed E-state index contributed by atoms with van der Waals surface area (Å²) in [4.78, 5) is 6.85. The second-order valence-electron chi connectivity index (χ2n) is 2.12. The van der Waals surface area contributed by atoms with Gasteiger partial charge in [0.05, 0.1) is 0 Å². The van der Waals surface area contributed by atoms with Gasteiger partial charge in [0.2, 0.25) is 9.12 Å². The Hall–Kier alpha value is -0.123. The minimum absolute atomic E-state index is 0.914. The predicted molar refractivity (Wildman–Crippen MR) is 49.3 cm³/mol. The first-order chi connectivity index (χ1) is 4.85. The number of nitrogens with one attached hydrogen (secondary N) is 2. The topological polar surface area (TPSA) is 24.1 Å². The normalized spacial score (nSPS) is 11.6. The molecule has 0 fully saturated rings. The molecule has 0 unspecified atom stereocenters. The maximum absolute atomic E-state index is 3.43. The van der Waals surface area contributed by atoms with Gasteiger partial charge in [0.1, 0.15) is 0 Å². The molecule has 0 saturated carbocycles. The van der Waals surface area contributed by atoms with Crippen LogP contribution in [-0.2, 0) is 0 Å². The van der Waals surface area contributed by atoms with Crippen molar-refractivity contribution in [3.63, 3.8) is 0 Å². The lowest BCUT2D eigenvalue weighted by Gasteiger charge is -2.10. The van der Waals surface area contributed by atoms with Crippen LogP contribution in [0.5, 0.6) is 0 Å². The van der Waals surface area contributed by atoms with Gasteiger partial charge < -0.3 is 9.96 Å². The van der Waals surface area contributed by atoms with Crippen LogP contribution in [-0.4, -0.2) is 22.2 Å². The molecule has 10 heavy (non-hydrogen) atoms. The second-order valence-corrected chi connectivity index (χ2v) is 4.28. The van der Waals surface area contributed by atoms with Crippen molar-refractivity contribution in [2.75, 3.05) is 13.1 Å². The molecule has 2 nitrogen and oxygen atoms in total. The van der Waals surface area contributed by atoms with Gasteiger partial charge in [-0.3, -0.25) is 0 Å². The van der Waals surface area contributed by atoms with Crippen molar-refractivity contribution in [3.8, 4) is 0 Å². The van der Waals surface area contributed by atoms with E-state index >= 15 is 0 Å². The first-order valence-corrected chi connectivity index (χ1v) is 5.76. The van der Waals surface area contributed by atoms with Gasteiger partial charge in [-0.25, -0.2) is 0 Å². The van der Waals surface area contributed by atoms with E-state index in [4.69, 9.17) is 0 Å². The van der Waals surface area contributed by atoms with Crippen LogP contribution in [0.15, 0.2) is 11.8 Å². The standard InChI is InChI=1S/C7H18N2Si/c1-4-7-10(8-5-2)9-6-3/h4,7-10H,5-6H2,1-3H3. The summed E-state index contributed by atoms with van der Waals surface area (Å²) in [6, 6.07) is 0. The van der Waals surface area contributed by atoms with Crippen molar-refractivity contribution in [1.29, 1.82) is 0 Å². The molecular weight excluding hydrogens is 140 g/mol. The van der Waals surface area contributed by atoms with Gasteiger partial charge in [0, 0.05) is 0 Å². The van der Waals surface area contributed by atoms with E-state index in [1.807, 2.05) is 0 Å². The molecule has 0 aromatic heterocycles. The van der Waals surface area contributed by atoms with Gasteiger partial charge in [-0.1, -0.05) is 25.6 Å². The van der Waals surface area contributed by atoms with E-state index in [1.54, 1.807) is 0 Å². The quantitative estimate of drug-likeness (QED) is 0.571. The average molecular weight is 158 g/mol. The van der Waals surface area contributed by atoms with Gasteiger partial charge in [-0.05, 0) is 20.0 Å². The average Bonchev–Trinajstić information content (AvgIpc) is 1.90. The summed E-state index contributed by atoms with van der Waals surface area (Å²) < 4.78 is 0. The third kappa shape index (κ3) is 4.73. The molecule has 0 aliphatic carbocycles. The van der Waals surface area contributed by atoms with Crippen molar-refractivity contribution in [2.45, 2.75) is 20.8 Å². The van der Waals surface area contributed by atoms with Crippen molar-refractivity contribution < 1.29 is 0 Å². The van der Waals surface area contributed by atoms with Gasteiger partial charge in [-0.15, -0.1) is 0 Å². The molecule has 2 N–H and O–H groups in total. The third-order valence-electron chi connectivity index (χ3n) is 1.23. The van der Waals surface area contributed by atoms with Crippen molar-refractivity contribution >= 4 is 9.12 Å². The first-order valence-electron chi connectivity index (χ1n) is 3.94. The predicted octanol–water partition coefficient (Wildman–Crippen LogP) is 0.541. The van der Waals surface area contributed by atoms with Crippen LogP contribution < -0.4 is 9.96 Å². The molecule has 0 aliphatic heterocycles. The Labute approximate surface area is 65.5 Å². The SMILES string of the molecule is CC=C[SiH](NCC)NCC. The molecule has 0 saturated heterocycles. The molecule has 0 bridgehead atoms. The monoisotopic (exact) mass is 158 g/mol. The fraction of sp³-hybridized carbons (Fsp3) is 0.714. The fourth-order valence-corrected chi connectivity index (χ4v) is 2.52. The van der Waals surface area contributed by atoms with E-state index < -0.39 is 9.12 Å². The van der Waals surface area contributed by atoms with E-state index in [2.05, 4.69) is 42.5 Å². The van der Waals surface area contributed by atoms with E-state index in [9.17, 15) is 0 Å². The maximum Gasteiger partial charge on any atom is 0.209 e. The lowest BCUT2D eigenvalue weighted by atomic mass is 10.8. The van der Waals surface area contributed by atoms with Crippen molar-refractivity contribution in [1.82, 2.24) is 9.96 Å². The Bertz CT molecular complexity index is 87.6. The highest BCUT2D eigenvalue weighted by Crippen LogP contribution is 1.75. The van der Waals surface area contributed by atoms with Crippen LogP contribution >= 0.6 is 0 Å². The molecular formula is C7H18N2Si. The second kappa shape index (κ2) is 6.99. The van der Waals surface area contributed by atoms with Crippen LogP contribution in [0.2, 0.25) is 0 Å². The number of rotatable bonds is 5. The smallest absolute Gasteiger partial charge is 0.209 e. The Kier molecular flexibility index (Phi) is 6.90. The van der Waals surface area contributed by atoms with Crippen LogP contribution in [0.25, 0.3) is 0 Å². The van der Waals surface area contributed by atoms with Crippen LogP contribution in [0.1, 0.15) is 20.8 Å². The Morgan fingerprint density at radius 2 is 1.70 bits per heavy atom. The maximum atomic E-state index is 3.43. The molecule has 3 heteroatoms. The third-order valence-corrected chi connectivity index (χ3v) is 3.70. The highest BCUT2D eigenvalue weighted by atomic mass is 28.3. The zero-order chi connectivity index (χ0) is 7.82. The molecule has 0 aliphatic rings. The molecule has 0 rings (SSSR count). The first kappa shape index (κ1) is 9.88. The summed E-state index contributed by atoms with van der Waals surface area (Å²) in [5, 5.41) is 0. The van der Waals surface area contributed by atoms with Gasteiger partial charge >= 0.3 is 0 Å². The van der Waals surface area contributed by atoms with Crippen LogP contribution in [0, 0.1) is 0 Å². The lowest BCUT2D eigenvalue weighted by Crippen LogP contribution is -2.45. The zero-order valence-corrected chi connectivity index (χ0v) is 8.30. The highest BCUT2D eigenvalue weighted by Gasteiger charge is 1.99. The molecule has 60 valence electrons. The molecule has 0 aromatic rings. The summed E-state index contributed by atoms with van der Waals surface area (Å²) in [7, 11) is -0.914. The number of hydrogen-bond donors (Lipinski definition) is 2. The number of hydrogen-bond acceptors (Lipinski definition) is 2. The molecule has 0 heterocycles. The summed E-state index contributed by atoms with van der Waals surface area (Å²) >= 11 is 0. The van der Waals surface area contributed by atoms with E-state index in [1.165, 1.54) is 0 Å². The van der Waals surface area contributed by atoms with Crippen LogP contribution in [0.4, 0.5) is 0 Å². The molecule has 0 amide bonds. The van der Waals surface area contributed by atoms with Crippen LogP contribution in [0.3, 0.4) is 0 Å². The minimum atomic E-state index is -0.914. The summed E-state index contributed by atoms with van der Waals surface area (Å²) in [6.45, 7) is 8.47. The van der Waals surface area contributed by atoms with E-state index in [0.717, 1.165) is 13.1 Å². The Balaban J connectivity index is 3.50. The van der Waals surface area contributed by atoms with E-state index in [-0.39, 0.29) is 0 Å². The minimum Gasteiger partial charge on any atom is -0.325 e. The highest BCUT2D eigenvalue weighted by molar-refractivity contribution is 6.58. The molecule has 0 radical (unpaired) electrons. The fourth-order valence-electron chi connectivity index (χ4n) is 0.841. The molecule has 0 aromatic carbocycles. The van der Waals surface area contributed by atoms with Gasteiger partial charge in [0.15, 0.2) is 0 Å². The molecule has 0 spiro atoms. The van der Waals surface area contributed by atoms with Crippen molar-refractivity contribution in [2.24, 2.45) is 0 Å². The Morgan fingerprint density at radius 3 is 2.00 bits per heavy atom. The molecule has 0 atom stereocenters. The Morgan fingerprint density at radius 1 is 1.20 bits per heavy atom. The zero-order valence-electron chi connectivity index (χ0n) is 7.15. The summed E-state index contributed by atoms with van der Waals surface area (Å²) in [5.74, 6) is 0. The van der Waals surface area contributed by atoms with Crippen molar-refractivity contribution in [3.05, 3.63) is 11.8 Å². The van der Waals surface area contributed by atoms with Gasteiger partial charge in [-0.2, -0.15) is 0 Å². The largest absolute Gasteiger partial charge is 0.325 e. The number of allylic oxidation sites excluding steroid dienone is 1. The van der Waals surface area contributed by atoms with Gasteiger partial charge in [0.25, 0.3) is 0 Å². The lowest BCUT2D eigenvalue weighted by molar-refractivity contribution is 0.905. The summed E-state index contributed by atoms with van der Waals surface area (Å²) in [6.07, 6.45) is 2.11. The van der Waals surface area contributed by atoms with E-state index in [0.29, 0.717) is 0 Å².